The van der Waals surface area contributed by atoms with Crippen molar-refractivity contribution in [3.8, 4) is 0 Å². The van der Waals surface area contributed by atoms with Crippen molar-refractivity contribution < 1.29 is 24.0 Å². The van der Waals surface area contributed by atoms with Crippen LogP contribution in [0, 0.1) is 5.95 Å². The Hall–Kier alpha value is -1.47. The maximum absolute atomic E-state index is 13.0. The second kappa shape index (κ2) is 4.81. The highest BCUT2D eigenvalue weighted by atomic mass is 19.1. The molecule has 0 aromatic carbocycles. The minimum Gasteiger partial charge on any atom is -0.456 e. The predicted octanol–water partition coefficient (Wildman–Crippen LogP) is -0.144. The Kier molecular flexibility index (Phi) is 3.85. The molecule has 5 nitrogen and oxygen atoms in total. The lowest BCUT2D eigenvalue weighted by molar-refractivity contribution is 0.00691. The number of esters is 1. The van der Waals surface area contributed by atoms with Gasteiger partial charge in [0.25, 0.3) is 0 Å². The molecule has 0 atom stereocenters. The first-order valence-electron chi connectivity index (χ1n) is 4.95. The van der Waals surface area contributed by atoms with Gasteiger partial charge in [0, 0.05) is 11.7 Å². The number of aromatic nitrogens is 1. The second-order valence-electron chi connectivity index (χ2n) is 4.48. The van der Waals surface area contributed by atoms with Crippen LogP contribution in [0.4, 0.5) is 4.39 Å². The number of rotatable bonds is 2. The molecule has 0 spiro atoms. The summed E-state index contributed by atoms with van der Waals surface area (Å²) in [6.45, 7) is 5.05. The lowest BCUT2D eigenvalue weighted by Gasteiger charge is -2.19. The summed E-state index contributed by atoms with van der Waals surface area (Å²) >= 11 is 0. The Morgan fingerprint density at radius 1 is 1.47 bits per heavy atom. The average molecular weight is 241 g/mol. The summed E-state index contributed by atoms with van der Waals surface area (Å²) in [5, 5.41) is 17.7. The van der Waals surface area contributed by atoms with Gasteiger partial charge < -0.3 is 14.8 Å². The van der Waals surface area contributed by atoms with Crippen LogP contribution in [-0.4, -0.2) is 33.7 Å². The van der Waals surface area contributed by atoms with Crippen LogP contribution in [0.5, 0.6) is 0 Å². The summed E-state index contributed by atoms with van der Waals surface area (Å²) in [6.07, 6.45) is 0.981. The van der Waals surface area contributed by atoms with Crippen molar-refractivity contribution in [2.24, 2.45) is 0 Å². The molecule has 1 aromatic heterocycles. The molecule has 0 amide bonds. The summed E-state index contributed by atoms with van der Waals surface area (Å²) in [5.74, 6) is -1.74. The van der Waals surface area contributed by atoms with E-state index in [-0.39, 0.29) is 5.56 Å². The lowest BCUT2D eigenvalue weighted by Crippen LogP contribution is -2.35. The highest BCUT2D eigenvalue weighted by Gasteiger charge is 2.23. The van der Waals surface area contributed by atoms with Gasteiger partial charge in [-0.15, -0.1) is 0 Å². The molecule has 0 bridgehead atoms. The first-order chi connectivity index (χ1) is 7.70. The molecule has 0 saturated carbocycles. The monoisotopic (exact) mass is 241 g/mol. The van der Waals surface area contributed by atoms with E-state index < -0.39 is 30.1 Å². The Balaban J connectivity index is 3.00. The van der Waals surface area contributed by atoms with Crippen LogP contribution in [0.15, 0.2) is 12.3 Å². The van der Waals surface area contributed by atoms with Crippen LogP contribution in [0.2, 0.25) is 0 Å². The molecule has 92 valence electrons. The highest BCUT2D eigenvalue weighted by Crippen LogP contribution is 2.11. The van der Waals surface area contributed by atoms with Gasteiger partial charge in [-0.05, 0) is 26.8 Å². The topological polar surface area (TPSA) is 79.7 Å². The molecule has 17 heavy (non-hydrogen) atoms. The van der Waals surface area contributed by atoms with E-state index in [9.17, 15) is 9.18 Å². The van der Waals surface area contributed by atoms with E-state index >= 15 is 0 Å². The standard InChI is InChI=1S/C10H13BFNO4/c1-10(2,3)17-9(14)6-4-7(11(15)16)8(12)13-5-6/h4-5,15-16H,1-3H3. The van der Waals surface area contributed by atoms with Crippen molar-refractivity contribution in [1.82, 2.24) is 4.98 Å². The number of ether oxygens (including phenoxy) is 1. The molecule has 1 aromatic rings. The number of carbonyl (C=O) groups is 1. The van der Waals surface area contributed by atoms with Gasteiger partial charge in [0.05, 0.1) is 5.56 Å². The molecule has 0 aliphatic rings. The summed E-state index contributed by atoms with van der Waals surface area (Å²) in [5.41, 5.74) is -1.19. The van der Waals surface area contributed by atoms with E-state index in [1.807, 2.05) is 0 Å². The van der Waals surface area contributed by atoms with Gasteiger partial charge >= 0.3 is 13.1 Å². The van der Waals surface area contributed by atoms with Gasteiger partial charge in [0.15, 0.2) is 0 Å². The third-order valence-corrected chi connectivity index (χ3v) is 1.78. The Morgan fingerprint density at radius 3 is 2.53 bits per heavy atom. The first-order valence-corrected chi connectivity index (χ1v) is 4.95. The van der Waals surface area contributed by atoms with Crippen molar-refractivity contribution >= 4 is 18.6 Å². The summed E-state index contributed by atoms with van der Waals surface area (Å²) in [7, 11) is -2.02. The van der Waals surface area contributed by atoms with Crippen molar-refractivity contribution in [2.75, 3.05) is 0 Å². The Bertz CT molecular complexity index is 431. The van der Waals surface area contributed by atoms with E-state index in [0.717, 1.165) is 12.3 Å². The number of nitrogens with zero attached hydrogens (tertiary/aromatic N) is 1. The van der Waals surface area contributed by atoms with Gasteiger partial charge in [0.1, 0.15) is 5.60 Å². The largest absolute Gasteiger partial charge is 0.493 e. The quantitative estimate of drug-likeness (QED) is 0.427. The normalized spacial score (nSPS) is 11.2. The molecule has 0 saturated heterocycles. The van der Waals surface area contributed by atoms with Gasteiger partial charge in [-0.25, -0.2) is 9.78 Å². The molecule has 1 rings (SSSR count). The summed E-state index contributed by atoms with van der Waals surface area (Å²) in [4.78, 5) is 14.9. The average Bonchev–Trinajstić information content (AvgIpc) is 2.14. The van der Waals surface area contributed by atoms with E-state index in [1.165, 1.54) is 0 Å². The molecule has 2 N–H and O–H groups in total. The fourth-order valence-corrected chi connectivity index (χ4v) is 1.09. The van der Waals surface area contributed by atoms with Gasteiger partial charge in [-0.1, -0.05) is 0 Å². The first kappa shape index (κ1) is 13.6. The van der Waals surface area contributed by atoms with E-state index in [2.05, 4.69) is 4.98 Å². The molecule has 0 fully saturated rings. The van der Waals surface area contributed by atoms with Gasteiger partial charge in [-0.3, -0.25) is 0 Å². The zero-order chi connectivity index (χ0) is 13.2. The van der Waals surface area contributed by atoms with Crippen LogP contribution in [0.1, 0.15) is 31.1 Å². The van der Waals surface area contributed by atoms with E-state index in [0.29, 0.717) is 0 Å². The maximum atomic E-state index is 13.0. The number of carbonyl (C=O) groups excluding carboxylic acids is 1. The van der Waals surface area contributed by atoms with Gasteiger partial charge in [-0.2, -0.15) is 4.39 Å². The fraction of sp³-hybridized carbons (Fsp3) is 0.400. The zero-order valence-electron chi connectivity index (χ0n) is 9.77. The second-order valence-corrected chi connectivity index (χ2v) is 4.48. The molecule has 1 heterocycles. The molecular weight excluding hydrogens is 228 g/mol. The number of halogens is 1. The Morgan fingerprint density at radius 2 is 2.06 bits per heavy atom. The minimum absolute atomic E-state index is 0.0376. The summed E-state index contributed by atoms with van der Waals surface area (Å²) in [6, 6.07) is 1.00. The number of hydrogen-bond donors (Lipinski definition) is 2. The third kappa shape index (κ3) is 3.79. The summed E-state index contributed by atoms with van der Waals surface area (Å²) < 4.78 is 18.1. The van der Waals surface area contributed by atoms with Crippen LogP contribution < -0.4 is 5.46 Å². The molecule has 0 unspecified atom stereocenters. The highest BCUT2D eigenvalue weighted by molar-refractivity contribution is 6.58. The predicted molar refractivity (Wildman–Crippen MR) is 59.2 cm³/mol. The van der Waals surface area contributed by atoms with Crippen LogP contribution in [0.25, 0.3) is 0 Å². The smallest absolute Gasteiger partial charge is 0.456 e. The van der Waals surface area contributed by atoms with Crippen LogP contribution in [0.3, 0.4) is 0 Å². The van der Waals surface area contributed by atoms with Gasteiger partial charge in [0.2, 0.25) is 5.95 Å². The van der Waals surface area contributed by atoms with Crippen molar-refractivity contribution in [3.05, 3.63) is 23.8 Å². The van der Waals surface area contributed by atoms with Crippen LogP contribution in [-0.2, 0) is 4.74 Å². The van der Waals surface area contributed by atoms with Crippen molar-refractivity contribution in [3.63, 3.8) is 0 Å². The molecule has 0 aliphatic carbocycles. The fourth-order valence-electron chi connectivity index (χ4n) is 1.09. The molecule has 7 heteroatoms. The third-order valence-electron chi connectivity index (χ3n) is 1.78. The molecule has 0 radical (unpaired) electrons. The van der Waals surface area contributed by atoms with Crippen molar-refractivity contribution in [1.29, 1.82) is 0 Å². The lowest BCUT2D eigenvalue weighted by atomic mass is 9.80. The maximum Gasteiger partial charge on any atom is 0.493 e. The number of hydrogen-bond acceptors (Lipinski definition) is 5. The zero-order valence-corrected chi connectivity index (χ0v) is 9.77. The van der Waals surface area contributed by atoms with E-state index in [1.54, 1.807) is 20.8 Å². The van der Waals surface area contributed by atoms with E-state index in [4.69, 9.17) is 14.8 Å². The van der Waals surface area contributed by atoms with Crippen LogP contribution >= 0.6 is 0 Å². The number of pyridine rings is 1. The molecular formula is C10H13BFNO4. The van der Waals surface area contributed by atoms with Crippen molar-refractivity contribution in [2.45, 2.75) is 26.4 Å². The minimum atomic E-state index is -2.02. The molecule has 0 aliphatic heterocycles. The Labute approximate surface area is 98.4 Å². The SMILES string of the molecule is CC(C)(C)OC(=O)c1cnc(F)c(B(O)O)c1.